The Hall–Kier alpha value is -3.21. The first kappa shape index (κ1) is 21.6. The third-order valence-electron chi connectivity index (χ3n) is 6.66. The van der Waals surface area contributed by atoms with Crippen molar-refractivity contribution in [1.82, 2.24) is 9.80 Å². The van der Waals surface area contributed by atoms with Crippen LogP contribution in [-0.4, -0.2) is 36.0 Å². The van der Waals surface area contributed by atoms with Crippen LogP contribution in [0.25, 0.3) is 11.0 Å². The average molecular weight is 439 g/mol. The lowest BCUT2D eigenvalue weighted by Crippen LogP contribution is -2.47. The van der Waals surface area contributed by atoms with Gasteiger partial charge in [-0.2, -0.15) is 0 Å². The fourth-order valence-corrected chi connectivity index (χ4v) is 5.11. The third-order valence-corrected chi connectivity index (χ3v) is 6.66. The van der Waals surface area contributed by atoms with Crippen molar-refractivity contribution in [3.05, 3.63) is 117 Å². The normalized spacial score (nSPS) is 15.4. The van der Waals surface area contributed by atoms with Crippen LogP contribution >= 0.6 is 0 Å². The van der Waals surface area contributed by atoms with Gasteiger partial charge >= 0.3 is 5.63 Å². The van der Waals surface area contributed by atoms with E-state index in [1.54, 1.807) is 6.07 Å². The summed E-state index contributed by atoms with van der Waals surface area (Å²) in [5.74, 6) is 0. The zero-order chi connectivity index (χ0) is 22.8. The van der Waals surface area contributed by atoms with E-state index >= 15 is 0 Å². The van der Waals surface area contributed by atoms with Gasteiger partial charge in [-0.15, -0.1) is 0 Å². The molecule has 0 spiro atoms. The highest BCUT2D eigenvalue weighted by atomic mass is 16.4. The fourth-order valence-electron chi connectivity index (χ4n) is 5.11. The molecular weight excluding hydrogens is 408 g/mol. The molecule has 0 bridgehead atoms. The van der Waals surface area contributed by atoms with Crippen molar-refractivity contribution in [2.45, 2.75) is 26.4 Å². The van der Waals surface area contributed by atoms with Gasteiger partial charge in [0.15, 0.2) is 0 Å². The van der Waals surface area contributed by atoms with Crippen LogP contribution in [0.5, 0.6) is 0 Å². The molecule has 0 saturated carbocycles. The number of fused-ring (bicyclic) bond motifs is 1. The van der Waals surface area contributed by atoms with E-state index in [9.17, 15) is 4.79 Å². The van der Waals surface area contributed by atoms with Crippen molar-refractivity contribution in [2.24, 2.45) is 0 Å². The fraction of sp³-hybridized carbons (Fsp3) is 0.276. The third kappa shape index (κ3) is 4.63. The number of hydrogen-bond donors (Lipinski definition) is 0. The smallest absolute Gasteiger partial charge is 0.336 e. The second-order valence-electron chi connectivity index (χ2n) is 9.09. The standard InChI is InChI=1S/C29H30N2O2/c1-21-17-22(2)29-26(18-21)25(19-27(32)33-29)20-30-13-15-31(16-14-30)28(23-9-5-3-6-10-23)24-11-7-4-8-12-24/h3-12,17-19,28H,13-16,20H2,1-2H3. The predicted octanol–water partition coefficient (Wildman–Crippen LogP) is 5.32. The minimum Gasteiger partial charge on any atom is -0.422 e. The number of rotatable bonds is 5. The Morgan fingerprint density at radius 2 is 1.42 bits per heavy atom. The summed E-state index contributed by atoms with van der Waals surface area (Å²) in [6.07, 6.45) is 0. The van der Waals surface area contributed by atoms with Crippen LogP contribution in [-0.2, 0) is 6.54 Å². The number of piperazine rings is 1. The molecule has 1 aromatic heterocycles. The molecule has 0 unspecified atom stereocenters. The molecule has 4 aromatic rings. The minimum absolute atomic E-state index is 0.254. The van der Waals surface area contributed by atoms with Crippen molar-refractivity contribution in [3.63, 3.8) is 0 Å². The summed E-state index contributed by atoms with van der Waals surface area (Å²) in [6, 6.07) is 27.7. The summed E-state index contributed by atoms with van der Waals surface area (Å²) in [4.78, 5) is 17.3. The molecule has 168 valence electrons. The Morgan fingerprint density at radius 1 is 0.818 bits per heavy atom. The maximum absolute atomic E-state index is 12.2. The molecule has 0 radical (unpaired) electrons. The van der Waals surface area contributed by atoms with Crippen molar-refractivity contribution in [2.75, 3.05) is 26.2 Å². The summed E-state index contributed by atoms with van der Waals surface area (Å²) in [5, 5.41) is 1.06. The van der Waals surface area contributed by atoms with Gasteiger partial charge in [-0.1, -0.05) is 66.7 Å². The Kier molecular flexibility index (Phi) is 6.12. The Balaban J connectivity index is 1.37. The van der Waals surface area contributed by atoms with Crippen LogP contribution in [0, 0.1) is 13.8 Å². The number of benzene rings is 3. The van der Waals surface area contributed by atoms with Gasteiger partial charge in [-0.25, -0.2) is 4.79 Å². The van der Waals surface area contributed by atoms with E-state index in [4.69, 9.17) is 4.42 Å². The largest absolute Gasteiger partial charge is 0.422 e. The van der Waals surface area contributed by atoms with Crippen LogP contribution in [0.4, 0.5) is 0 Å². The molecule has 0 amide bonds. The molecule has 1 saturated heterocycles. The van der Waals surface area contributed by atoms with Crippen molar-refractivity contribution < 1.29 is 4.42 Å². The van der Waals surface area contributed by atoms with Crippen LogP contribution in [0.15, 0.2) is 88.1 Å². The molecule has 2 heterocycles. The zero-order valence-electron chi connectivity index (χ0n) is 19.3. The second-order valence-corrected chi connectivity index (χ2v) is 9.09. The lowest BCUT2D eigenvalue weighted by molar-refractivity contribution is 0.105. The summed E-state index contributed by atoms with van der Waals surface area (Å²) in [6.45, 7) is 8.74. The van der Waals surface area contributed by atoms with E-state index in [0.717, 1.165) is 54.8 Å². The lowest BCUT2D eigenvalue weighted by atomic mass is 9.96. The summed E-state index contributed by atoms with van der Waals surface area (Å²) < 4.78 is 5.54. The van der Waals surface area contributed by atoms with E-state index in [-0.39, 0.29) is 11.7 Å². The van der Waals surface area contributed by atoms with Gasteiger partial charge in [0.1, 0.15) is 5.58 Å². The first-order valence-corrected chi connectivity index (χ1v) is 11.7. The van der Waals surface area contributed by atoms with E-state index in [2.05, 4.69) is 89.5 Å². The van der Waals surface area contributed by atoms with E-state index in [1.807, 2.05) is 6.92 Å². The molecule has 4 heteroatoms. The van der Waals surface area contributed by atoms with Gasteiger partial charge < -0.3 is 4.42 Å². The summed E-state index contributed by atoms with van der Waals surface area (Å²) >= 11 is 0. The first-order chi connectivity index (χ1) is 16.1. The van der Waals surface area contributed by atoms with Crippen LogP contribution in [0.2, 0.25) is 0 Å². The quantitative estimate of drug-likeness (QED) is 0.395. The highest BCUT2D eigenvalue weighted by molar-refractivity contribution is 5.83. The van der Waals surface area contributed by atoms with E-state index in [0.29, 0.717) is 0 Å². The monoisotopic (exact) mass is 438 g/mol. The number of nitrogens with zero attached hydrogens (tertiary/aromatic N) is 2. The molecule has 3 aromatic carbocycles. The molecule has 1 aliphatic rings. The predicted molar refractivity (Wildman–Crippen MR) is 134 cm³/mol. The molecule has 0 aliphatic carbocycles. The van der Waals surface area contributed by atoms with E-state index in [1.165, 1.54) is 16.7 Å². The maximum atomic E-state index is 12.2. The Bertz CT molecular complexity index is 1250. The van der Waals surface area contributed by atoms with Crippen molar-refractivity contribution in [3.8, 4) is 0 Å². The second kappa shape index (κ2) is 9.34. The Morgan fingerprint density at radius 3 is 2.03 bits per heavy atom. The first-order valence-electron chi connectivity index (χ1n) is 11.7. The summed E-state index contributed by atoms with van der Waals surface area (Å²) in [5.41, 5.74) is 6.37. The molecule has 1 aliphatic heterocycles. The van der Waals surface area contributed by atoms with Crippen molar-refractivity contribution in [1.29, 1.82) is 0 Å². The highest BCUT2D eigenvalue weighted by Crippen LogP contribution is 2.30. The molecule has 33 heavy (non-hydrogen) atoms. The van der Waals surface area contributed by atoms with Crippen molar-refractivity contribution >= 4 is 11.0 Å². The summed E-state index contributed by atoms with van der Waals surface area (Å²) in [7, 11) is 0. The molecule has 0 N–H and O–H groups in total. The van der Waals surface area contributed by atoms with Gasteiger partial charge in [0.25, 0.3) is 0 Å². The van der Waals surface area contributed by atoms with Gasteiger partial charge in [-0.3, -0.25) is 9.80 Å². The van der Waals surface area contributed by atoms with Crippen LogP contribution < -0.4 is 5.63 Å². The topological polar surface area (TPSA) is 36.7 Å². The minimum atomic E-state index is -0.267. The zero-order valence-corrected chi connectivity index (χ0v) is 19.3. The van der Waals surface area contributed by atoms with Gasteiger partial charge in [0, 0.05) is 44.2 Å². The van der Waals surface area contributed by atoms with Gasteiger partial charge in [0.05, 0.1) is 6.04 Å². The molecule has 0 atom stereocenters. The maximum Gasteiger partial charge on any atom is 0.336 e. The highest BCUT2D eigenvalue weighted by Gasteiger charge is 2.26. The van der Waals surface area contributed by atoms with Gasteiger partial charge in [0.2, 0.25) is 0 Å². The number of aryl methyl sites for hydroxylation is 2. The molecule has 1 fully saturated rings. The average Bonchev–Trinajstić information content (AvgIpc) is 2.83. The van der Waals surface area contributed by atoms with Crippen LogP contribution in [0.1, 0.15) is 33.9 Å². The van der Waals surface area contributed by atoms with Crippen LogP contribution in [0.3, 0.4) is 0 Å². The Labute approximate surface area is 195 Å². The molecule has 4 nitrogen and oxygen atoms in total. The SMILES string of the molecule is Cc1cc(C)c2oc(=O)cc(CN3CCN(C(c4ccccc4)c4ccccc4)CC3)c2c1. The molecule has 5 rings (SSSR count). The van der Waals surface area contributed by atoms with Gasteiger partial charge in [-0.05, 0) is 47.7 Å². The number of hydrogen-bond acceptors (Lipinski definition) is 4. The lowest BCUT2D eigenvalue weighted by Gasteiger charge is -2.40. The molecular formula is C29H30N2O2. The van der Waals surface area contributed by atoms with E-state index < -0.39 is 0 Å².